The molecule has 0 aliphatic heterocycles. The van der Waals surface area contributed by atoms with Gasteiger partial charge in [-0.2, -0.15) is 0 Å². The maximum Gasteiger partial charge on any atom is 0.162 e. The van der Waals surface area contributed by atoms with Crippen LogP contribution in [-0.4, -0.2) is 5.78 Å². The summed E-state index contributed by atoms with van der Waals surface area (Å²) < 4.78 is 1.83. The molecule has 0 radical (unpaired) electrons. The van der Waals surface area contributed by atoms with Crippen LogP contribution in [0.4, 0.5) is 0 Å². The van der Waals surface area contributed by atoms with Gasteiger partial charge in [0.05, 0.1) is 0 Å². The molecule has 2 aliphatic rings. The van der Waals surface area contributed by atoms with Gasteiger partial charge in [0, 0.05) is 5.41 Å². The monoisotopic (exact) mass is 290 g/mol. The molecule has 1 spiro atoms. The van der Waals surface area contributed by atoms with Gasteiger partial charge in [0.2, 0.25) is 0 Å². The van der Waals surface area contributed by atoms with E-state index < -0.39 is 0 Å². The molecule has 1 nitrogen and oxygen atoms in total. The quantitative estimate of drug-likeness (QED) is 0.562. The van der Waals surface area contributed by atoms with Crippen molar-refractivity contribution in [1.82, 2.24) is 0 Å². The van der Waals surface area contributed by atoms with Gasteiger partial charge in [0.25, 0.3) is 0 Å². The summed E-state index contributed by atoms with van der Waals surface area (Å²) >= 11 is 2.11. The molecule has 0 unspecified atom stereocenters. The van der Waals surface area contributed by atoms with E-state index in [0.717, 1.165) is 12.8 Å². The smallest absolute Gasteiger partial charge is 0.162 e. The van der Waals surface area contributed by atoms with Gasteiger partial charge in [-0.1, -0.05) is 35.9 Å². The molecule has 0 N–H and O–H groups in total. The first-order chi connectivity index (χ1) is 6.10. The fraction of sp³-hybridized carbons (Fsp3) is 0.727. The highest BCUT2D eigenvalue weighted by Crippen LogP contribution is 2.64. The molecule has 0 bridgehead atoms. The van der Waals surface area contributed by atoms with Gasteiger partial charge >= 0.3 is 0 Å². The predicted molar refractivity (Wildman–Crippen MR) is 61.8 cm³/mol. The molecule has 0 amide bonds. The second-order valence-corrected chi connectivity index (χ2v) is 5.64. The van der Waals surface area contributed by atoms with Gasteiger partial charge < -0.3 is 0 Å². The molecule has 0 aromatic carbocycles. The SMILES string of the molecule is CC1(C(=O)/C=C/I)CC2(CCC2)C1. The highest BCUT2D eigenvalue weighted by atomic mass is 127. The first kappa shape index (κ1) is 9.69. The summed E-state index contributed by atoms with van der Waals surface area (Å²) in [4.78, 5) is 11.7. The fourth-order valence-corrected chi connectivity index (χ4v) is 3.39. The van der Waals surface area contributed by atoms with Crippen LogP contribution in [-0.2, 0) is 4.79 Å². The number of hydrogen-bond acceptors (Lipinski definition) is 1. The van der Waals surface area contributed by atoms with Crippen LogP contribution in [0.25, 0.3) is 0 Å². The Morgan fingerprint density at radius 2 is 2.00 bits per heavy atom. The molecule has 0 atom stereocenters. The number of ketones is 1. The predicted octanol–water partition coefficient (Wildman–Crippen LogP) is 3.47. The molecule has 0 saturated heterocycles. The van der Waals surface area contributed by atoms with Crippen LogP contribution in [0.1, 0.15) is 39.0 Å². The van der Waals surface area contributed by atoms with E-state index in [1.54, 1.807) is 6.08 Å². The Balaban J connectivity index is 1.98. The number of allylic oxidation sites excluding steroid dienone is 1. The minimum Gasteiger partial charge on any atom is -0.294 e. The number of rotatable bonds is 2. The van der Waals surface area contributed by atoms with Gasteiger partial charge in [-0.3, -0.25) is 4.79 Å². The third kappa shape index (κ3) is 1.47. The van der Waals surface area contributed by atoms with Crippen LogP contribution in [0.5, 0.6) is 0 Å². The molecule has 2 saturated carbocycles. The zero-order valence-electron chi connectivity index (χ0n) is 7.98. The van der Waals surface area contributed by atoms with Crippen molar-refractivity contribution in [3.8, 4) is 0 Å². The van der Waals surface area contributed by atoms with Crippen LogP contribution in [0.15, 0.2) is 10.2 Å². The molecule has 2 heteroatoms. The van der Waals surface area contributed by atoms with Crippen LogP contribution in [0.3, 0.4) is 0 Å². The lowest BCUT2D eigenvalue weighted by molar-refractivity contribution is -0.145. The summed E-state index contributed by atoms with van der Waals surface area (Å²) in [5, 5.41) is 0. The van der Waals surface area contributed by atoms with Crippen molar-refractivity contribution < 1.29 is 4.79 Å². The number of hydrogen-bond donors (Lipinski definition) is 0. The first-order valence-corrected chi connectivity index (χ1v) is 6.16. The maximum atomic E-state index is 11.7. The zero-order chi connectivity index (χ0) is 9.53. The van der Waals surface area contributed by atoms with E-state index >= 15 is 0 Å². The minimum absolute atomic E-state index is 0.0118. The highest BCUT2D eigenvalue weighted by molar-refractivity contribution is 14.1. The van der Waals surface area contributed by atoms with Crippen molar-refractivity contribution in [3.05, 3.63) is 10.2 Å². The average Bonchev–Trinajstić information content (AvgIpc) is 1.95. The third-order valence-electron chi connectivity index (χ3n) is 3.75. The Morgan fingerprint density at radius 1 is 1.38 bits per heavy atom. The second kappa shape index (κ2) is 3.07. The number of carbonyl (C=O) groups is 1. The van der Waals surface area contributed by atoms with E-state index in [4.69, 9.17) is 0 Å². The summed E-state index contributed by atoms with van der Waals surface area (Å²) in [6, 6.07) is 0. The first-order valence-electron chi connectivity index (χ1n) is 4.92. The Labute approximate surface area is 93.1 Å². The van der Waals surface area contributed by atoms with Crippen molar-refractivity contribution in [1.29, 1.82) is 0 Å². The molecule has 0 aromatic heterocycles. The fourth-order valence-electron chi connectivity index (χ4n) is 3.07. The molecule has 2 rings (SSSR count). The molecule has 2 fully saturated rings. The Kier molecular flexibility index (Phi) is 2.29. The van der Waals surface area contributed by atoms with Gasteiger partial charge in [0.15, 0.2) is 5.78 Å². The van der Waals surface area contributed by atoms with Crippen LogP contribution in [0.2, 0.25) is 0 Å². The second-order valence-electron chi connectivity index (χ2n) is 4.92. The van der Waals surface area contributed by atoms with Crippen LogP contribution >= 0.6 is 22.6 Å². The molecule has 0 heterocycles. The number of halogens is 1. The molecule has 0 aromatic rings. The Hall–Kier alpha value is 0.140. The standard InChI is InChI=1S/C11H15IO/c1-10(9(13)3-6-12)7-11(8-10)4-2-5-11/h3,6H,2,4-5,7-8H2,1H3/b6-3+. The lowest BCUT2D eigenvalue weighted by atomic mass is 9.45. The summed E-state index contributed by atoms with van der Waals surface area (Å²) in [6.45, 7) is 2.12. The molecular weight excluding hydrogens is 275 g/mol. The molecule has 72 valence electrons. The van der Waals surface area contributed by atoms with Crippen molar-refractivity contribution in [3.63, 3.8) is 0 Å². The highest BCUT2D eigenvalue weighted by Gasteiger charge is 2.56. The summed E-state index contributed by atoms with van der Waals surface area (Å²) in [5.41, 5.74) is 0.589. The van der Waals surface area contributed by atoms with Gasteiger partial charge in [-0.15, -0.1) is 0 Å². The zero-order valence-corrected chi connectivity index (χ0v) is 10.1. The van der Waals surface area contributed by atoms with E-state index in [1.165, 1.54) is 19.3 Å². The number of carbonyl (C=O) groups excluding carboxylic acids is 1. The summed E-state index contributed by atoms with van der Waals surface area (Å²) in [7, 11) is 0. The van der Waals surface area contributed by atoms with Crippen molar-refractivity contribution in [2.75, 3.05) is 0 Å². The lowest BCUT2D eigenvalue weighted by Crippen LogP contribution is -2.52. The van der Waals surface area contributed by atoms with Gasteiger partial charge in [0.1, 0.15) is 0 Å². The Morgan fingerprint density at radius 3 is 2.38 bits per heavy atom. The van der Waals surface area contributed by atoms with E-state index in [2.05, 4.69) is 29.5 Å². The topological polar surface area (TPSA) is 17.1 Å². The molecule has 2 aliphatic carbocycles. The summed E-state index contributed by atoms with van der Waals surface area (Å²) in [5.74, 6) is 0.333. The van der Waals surface area contributed by atoms with Gasteiger partial charge in [-0.05, 0) is 41.3 Å². The molecular formula is C11H15IO. The van der Waals surface area contributed by atoms with E-state index in [-0.39, 0.29) is 5.41 Å². The van der Waals surface area contributed by atoms with E-state index in [9.17, 15) is 4.79 Å². The van der Waals surface area contributed by atoms with Crippen LogP contribution < -0.4 is 0 Å². The van der Waals surface area contributed by atoms with Gasteiger partial charge in [-0.25, -0.2) is 0 Å². The van der Waals surface area contributed by atoms with E-state index in [1.807, 2.05) is 4.08 Å². The van der Waals surface area contributed by atoms with Crippen molar-refractivity contribution in [2.45, 2.75) is 39.0 Å². The van der Waals surface area contributed by atoms with Crippen molar-refractivity contribution >= 4 is 28.4 Å². The van der Waals surface area contributed by atoms with Crippen LogP contribution in [0, 0.1) is 10.8 Å². The minimum atomic E-state index is -0.0118. The average molecular weight is 290 g/mol. The Bertz CT molecular complexity index is 255. The van der Waals surface area contributed by atoms with E-state index in [0.29, 0.717) is 11.2 Å². The maximum absolute atomic E-state index is 11.7. The molecule has 13 heavy (non-hydrogen) atoms. The third-order valence-corrected chi connectivity index (χ3v) is 4.11. The summed E-state index contributed by atoms with van der Waals surface area (Å²) in [6.07, 6.45) is 8.12. The lowest BCUT2D eigenvalue weighted by Gasteiger charge is -2.59. The largest absolute Gasteiger partial charge is 0.294 e. The normalized spacial score (nSPS) is 28.5. The van der Waals surface area contributed by atoms with Crippen molar-refractivity contribution in [2.24, 2.45) is 10.8 Å².